The van der Waals surface area contributed by atoms with Crippen molar-refractivity contribution in [2.24, 2.45) is 46.3 Å². The van der Waals surface area contributed by atoms with Crippen LogP contribution in [0, 0.1) is 46.3 Å². The van der Waals surface area contributed by atoms with E-state index in [0.717, 1.165) is 19.3 Å². The topological polar surface area (TPSA) is 66.8 Å². The quantitative estimate of drug-likeness (QED) is 0.671. The average Bonchev–Trinajstić information content (AvgIpc) is 3.06. The predicted molar refractivity (Wildman–Crippen MR) is 113 cm³/mol. The molecular formula is C25H42O4. The van der Waals surface area contributed by atoms with Gasteiger partial charge in [-0.3, -0.25) is 4.79 Å². The zero-order chi connectivity index (χ0) is 21.0. The number of carbonyl (C=O) groups excluding carboxylic acids is 1. The van der Waals surface area contributed by atoms with E-state index in [4.69, 9.17) is 4.74 Å². The van der Waals surface area contributed by atoms with E-state index in [1.165, 1.54) is 45.6 Å². The fourth-order valence-corrected chi connectivity index (χ4v) is 8.94. The van der Waals surface area contributed by atoms with Gasteiger partial charge in [-0.25, -0.2) is 0 Å². The lowest BCUT2D eigenvalue weighted by Crippen LogP contribution is -2.63. The highest BCUT2D eigenvalue weighted by molar-refractivity contribution is 5.69. The van der Waals surface area contributed by atoms with Crippen molar-refractivity contribution >= 4 is 5.97 Å². The van der Waals surface area contributed by atoms with Crippen LogP contribution in [0.1, 0.15) is 85.0 Å². The van der Waals surface area contributed by atoms with E-state index in [2.05, 4.69) is 20.8 Å². The standard InChI is InChI=1S/C25H42O4/c1-15(8-11-20(26)29-4)16-9-10-17-21-18(12-14-25(16,17)3)24(2)13-6-5-7-19(24)22(27)23(21)28/h15-19,21-23,27-28H,5-14H2,1-4H3/t15-,16+,17?,18?,19-,21?,22+,23?,24+,25+/m0/s1. The van der Waals surface area contributed by atoms with Crippen LogP contribution in [0.3, 0.4) is 0 Å². The smallest absolute Gasteiger partial charge is 0.305 e. The minimum absolute atomic E-state index is 0.109. The first-order chi connectivity index (χ1) is 13.7. The van der Waals surface area contributed by atoms with E-state index in [1.807, 2.05) is 0 Å². The number of esters is 1. The van der Waals surface area contributed by atoms with Gasteiger partial charge in [0, 0.05) is 6.42 Å². The summed E-state index contributed by atoms with van der Waals surface area (Å²) in [6.07, 6.45) is 9.80. The normalized spacial score (nSPS) is 50.2. The van der Waals surface area contributed by atoms with Crippen molar-refractivity contribution in [1.29, 1.82) is 0 Å². The van der Waals surface area contributed by atoms with Gasteiger partial charge >= 0.3 is 5.97 Å². The van der Waals surface area contributed by atoms with Gasteiger partial charge in [0.05, 0.1) is 19.3 Å². The Morgan fingerprint density at radius 2 is 1.69 bits per heavy atom. The molecule has 0 saturated heterocycles. The number of fused-ring (bicyclic) bond motifs is 5. The molecule has 4 saturated carbocycles. The monoisotopic (exact) mass is 406 g/mol. The largest absolute Gasteiger partial charge is 0.469 e. The lowest BCUT2D eigenvalue weighted by molar-refractivity contribution is -0.215. The van der Waals surface area contributed by atoms with E-state index >= 15 is 0 Å². The number of ether oxygens (including phenoxy) is 1. The Kier molecular flexibility index (Phi) is 5.83. The van der Waals surface area contributed by atoms with Gasteiger partial charge in [-0.15, -0.1) is 0 Å². The predicted octanol–water partition coefficient (Wildman–Crippen LogP) is 4.57. The number of aliphatic hydroxyl groups is 2. The van der Waals surface area contributed by atoms with Crippen LogP contribution in [0.15, 0.2) is 0 Å². The summed E-state index contributed by atoms with van der Waals surface area (Å²) in [6.45, 7) is 7.18. The van der Waals surface area contributed by atoms with Gasteiger partial charge in [0.1, 0.15) is 0 Å². The fraction of sp³-hybridized carbons (Fsp3) is 0.960. The molecule has 29 heavy (non-hydrogen) atoms. The second-order valence-electron chi connectivity index (χ2n) is 11.5. The molecular weight excluding hydrogens is 364 g/mol. The highest BCUT2D eigenvalue weighted by Gasteiger charge is 2.64. The molecule has 4 aliphatic rings. The first-order valence-corrected chi connectivity index (χ1v) is 12.2. The molecule has 0 aromatic carbocycles. The van der Waals surface area contributed by atoms with E-state index in [0.29, 0.717) is 30.1 Å². The van der Waals surface area contributed by atoms with Gasteiger partial charge in [0.15, 0.2) is 0 Å². The number of methoxy groups -OCH3 is 1. The highest BCUT2D eigenvalue weighted by atomic mass is 16.5. The third-order valence-electron chi connectivity index (χ3n) is 10.5. The summed E-state index contributed by atoms with van der Waals surface area (Å²) in [5, 5.41) is 22.4. The minimum atomic E-state index is -0.565. The maximum absolute atomic E-state index is 11.6. The SMILES string of the molecule is COC(=O)CC[C@H](C)[C@H]1CCC2C3C(O)[C@H](O)[C@@H]4CCCC[C@]4(C)C3CC[C@@]21C. The van der Waals surface area contributed by atoms with Crippen LogP contribution < -0.4 is 0 Å². The third kappa shape index (κ3) is 3.28. The average molecular weight is 407 g/mol. The molecule has 4 aliphatic carbocycles. The number of hydrogen-bond acceptors (Lipinski definition) is 4. The van der Waals surface area contributed by atoms with E-state index in [9.17, 15) is 15.0 Å². The van der Waals surface area contributed by atoms with Gasteiger partial charge in [0.2, 0.25) is 0 Å². The molecule has 4 heteroatoms. The summed E-state index contributed by atoms with van der Waals surface area (Å²) >= 11 is 0. The first kappa shape index (κ1) is 21.6. The van der Waals surface area contributed by atoms with Crippen molar-refractivity contribution in [1.82, 2.24) is 0 Å². The third-order valence-corrected chi connectivity index (χ3v) is 10.5. The van der Waals surface area contributed by atoms with Gasteiger partial charge in [-0.1, -0.05) is 33.6 Å². The molecule has 0 spiro atoms. The summed E-state index contributed by atoms with van der Waals surface area (Å²) in [5.74, 6) is 2.53. The van der Waals surface area contributed by atoms with E-state index in [1.54, 1.807) is 0 Å². The van der Waals surface area contributed by atoms with Crippen molar-refractivity contribution in [3.63, 3.8) is 0 Å². The molecule has 10 atom stereocenters. The lowest BCUT2D eigenvalue weighted by Gasteiger charge is -2.63. The van der Waals surface area contributed by atoms with Crippen LogP contribution in [0.2, 0.25) is 0 Å². The van der Waals surface area contributed by atoms with Crippen molar-refractivity contribution in [2.75, 3.05) is 7.11 Å². The van der Waals surface area contributed by atoms with Crippen molar-refractivity contribution in [2.45, 2.75) is 97.2 Å². The van der Waals surface area contributed by atoms with Crippen molar-refractivity contribution in [3.8, 4) is 0 Å². The van der Waals surface area contributed by atoms with Crippen molar-refractivity contribution < 1.29 is 19.7 Å². The first-order valence-electron chi connectivity index (χ1n) is 12.2. The molecule has 0 aromatic heterocycles. The molecule has 0 aliphatic heterocycles. The Labute approximate surface area is 176 Å². The minimum Gasteiger partial charge on any atom is -0.469 e. The van der Waals surface area contributed by atoms with Gasteiger partial charge in [-0.2, -0.15) is 0 Å². The summed E-state index contributed by atoms with van der Waals surface area (Å²) in [4.78, 5) is 11.6. The maximum Gasteiger partial charge on any atom is 0.305 e. The van der Waals surface area contributed by atoms with E-state index < -0.39 is 12.2 Å². The van der Waals surface area contributed by atoms with Crippen molar-refractivity contribution in [3.05, 3.63) is 0 Å². The molecule has 166 valence electrons. The molecule has 4 unspecified atom stereocenters. The summed E-state index contributed by atoms with van der Waals surface area (Å²) in [7, 11) is 1.47. The number of rotatable bonds is 4. The Hall–Kier alpha value is -0.610. The van der Waals surface area contributed by atoms with Gasteiger partial charge in [-0.05, 0) is 91.3 Å². The maximum atomic E-state index is 11.6. The van der Waals surface area contributed by atoms with Gasteiger partial charge in [0.25, 0.3) is 0 Å². The van der Waals surface area contributed by atoms with Crippen LogP contribution in [0.4, 0.5) is 0 Å². The second kappa shape index (κ2) is 7.82. The Morgan fingerprint density at radius 1 is 0.966 bits per heavy atom. The molecule has 2 N–H and O–H groups in total. The van der Waals surface area contributed by atoms with Crippen LogP contribution in [-0.2, 0) is 9.53 Å². The highest BCUT2D eigenvalue weighted by Crippen LogP contribution is 2.68. The van der Waals surface area contributed by atoms with Crippen LogP contribution >= 0.6 is 0 Å². The number of aliphatic hydroxyl groups excluding tert-OH is 2. The second-order valence-corrected chi connectivity index (χ2v) is 11.5. The summed E-state index contributed by atoms with van der Waals surface area (Å²) < 4.78 is 4.85. The zero-order valence-corrected chi connectivity index (χ0v) is 18.9. The van der Waals surface area contributed by atoms with Crippen LogP contribution in [-0.4, -0.2) is 35.5 Å². The molecule has 0 aromatic rings. The molecule has 0 amide bonds. The van der Waals surface area contributed by atoms with Crippen LogP contribution in [0.25, 0.3) is 0 Å². The Bertz CT molecular complexity index is 620. The molecule has 0 heterocycles. The zero-order valence-electron chi connectivity index (χ0n) is 18.9. The molecule has 0 radical (unpaired) electrons. The molecule has 4 fully saturated rings. The fourth-order valence-electron chi connectivity index (χ4n) is 8.94. The number of carbonyl (C=O) groups is 1. The molecule has 4 nitrogen and oxygen atoms in total. The van der Waals surface area contributed by atoms with Crippen LogP contribution in [0.5, 0.6) is 0 Å². The lowest BCUT2D eigenvalue weighted by atomic mass is 9.43. The molecule has 4 rings (SSSR count). The molecule has 0 bridgehead atoms. The number of hydrogen-bond donors (Lipinski definition) is 2. The van der Waals surface area contributed by atoms with Gasteiger partial charge < -0.3 is 14.9 Å². The summed E-state index contributed by atoms with van der Waals surface area (Å²) in [6, 6.07) is 0. The van der Waals surface area contributed by atoms with E-state index in [-0.39, 0.29) is 28.6 Å². The summed E-state index contributed by atoms with van der Waals surface area (Å²) in [5.41, 5.74) is 0.409. The Morgan fingerprint density at radius 3 is 2.41 bits per heavy atom. The Balaban J connectivity index is 1.56.